The molecule has 0 aromatic heterocycles. The van der Waals surface area contributed by atoms with Crippen molar-refractivity contribution in [2.75, 3.05) is 6.61 Å². The van der Waals surface area contributed by atoms with Crippen LogP contribution in [-0.4, -0.2) is 22.6 Å². The average molecular weight is 598 g/mol. The number of thioether (sulfide) groups is 1. The number of ether oxygens (including phenoxy) is 2. The molecule has 3 aromatic rings. The lowest BCUT2D eigenvalue weighted by atomic mass is 10.1. The molecule has 202 valence electrons. The van der Waals surface area contributed by atoms with Gasteiger partial charge in [0.1, 0.15) is 0 Å². The van der Waals surface area contributed by atoms with E-state index < -0.39 is 34.0 Å². The summed E-state index contributed by atoms with van der Waals surface area (Å²) in [6.07, 6.45) is -3.25. The van der Waals surface area contributed by atoms with Crippen molar-refractivity contribution in [3.63, 3.8) is 0 Å². The van der Waals surface area contributed by atoms with Crippen LogP contribution in [0.1, 0.15) is 18.1 Å². The minimum Gasteiger partial charge on any atom is -0.490 e. The third-order valence-electron chi connectivity index (χ3n) is 5.03. The zero-order valence-corrected chi connectivity index (χ0v) is 22.0. The number of benzene rings is 3. The number of aliphatic imine (C=N–C) groups is 1. The maximum absolute atomic E-state index is 13.1. The number of rotatable bonds is 7. The summed E-state index contributed by atoms with van der Waals surface area (Å²) in [5.74, 6) is -0.945. The molecule has 1 aliphatic rings. The number of nitro groups is 1. The summed E-state index contributed by atoms with van der Waals surface area (Å²) in [5.41, 5.74) is -1.08. The molecule has 0 radical (unpaired) electrons. The molecule has 0 unspecified atom stereocenters. The fraction of sp³-hybridized carbons (Fsp3) is 0.120. The third kappa shape index (κ3) is 6.83. The number of nitrogens with one attached hydrogen (secondary N) is 1. The monoisotopic (exact) mass is 597 g/mol. The molecule has 0 bridgehead atoms. The Morgan fingerprint density at radius 2 is 1.82 bits per heavy atom. The third-order valence-corrected chi connectivity index (χ3v) is 6.48. The van der Waals surface area contributed by atoms with Crippen LogP contribution in [-0.2, 0) is 11.0 Å². The van der Waals surface area contributed by atoms with Crippen molar-refractivity contribution >= 4 is 63.5 Å². The quantitative estimate of drug-likeness (QED) is 0.168. The Bertz CT molecular complexity index is 1510. The molecule has 8 nitrogen and oxygen atoms in total. The highest BCUT2D eigenvalue weighted by molar-refractivity contribution is 8.18. The average Bonchev–Trinajstić information content (AvgIpc) is 3.20. The fourth-order valence-electron chi connectivity index (χ4n) is 3.33. The van der Waals surface area contributed by atoms with Crippen LogP contribution in [0, 0.1) is 10.1 Å². The summed E-state index contributed by atoms with van der Waals surface area (Å²) < 4.78 is 50.3. The van der Waals surface area contributed by atoms with Gasteiger partial charge < -0.3 is 14.8 Å². The van der Waals surface area contributed by atoms with Crippen LogP contribution in [0.25, 0.3) is 6.08 Å². The van der Waals surface area contributed by atoms with Gasteiger partial charge in [-0.2, -0.15) is 13.2 Å². The number of nitrogens with zero attached hydrogens (tertiary/aromatic N) is 2. The summed E-state index contributed by atoms with van der Waals surface area (Å²) in [4.78, 5) is 27.6. The van der Waals surface area contributed by atoms with Crippen LogP contribution >= 0.6 is 35.0 Å². The predicted molar refractivity (Wildman–Crippen MR) is 143 cm³/mol. The lowest BCUT2D eigenvalue weighted by molar-refractivity contribution is -0.385. The van der Waals surface area contributed by atoms with Gasteiger partial charge in [0.25, 0.3) is 5.91 Å². The second-order valence-electron chi connectivity index (χ2n) is 7.76. The summed E-state index contributed by atoms with van der Waals surface area (Å²) in [6.45, 7) is 1.82. The number of hydrogen-bond acceptors (Lipinski definition) is 7. The highest BCUT2D eigenvalue weighted by Gasteiger charge is 2.34. The highest BCUT2D eigenvalue weighted by Crippen LogP contribution is 2.44. The molecule has 0 atom stereocenters. The van der Waals surface area contributed by atoms with Gasteiger partial charge in [-0.15, -0.1) is 0 Å². The Kier molecular flexibility index (Phi) is 8.38. The second-order valence-corrected chi connectivity index (χ2v) is 9.63. The van der Waals surface area contributed by atoms with Crippen LogP contribution in [0.2, 0.25) is 10.0 Å². The number of halogens is 5. The van der Waals surface area contributed by atoms with Crippen LogP contribution in [0.15, 0.2) is 64.5 Å². The molecule has 3 aromatic carbocycles. The van der Waals surface area contributed by atoms with Gasteiger partial charge in [-0.25, -0.2) is 4.99 Å². The molecule has 1 heterocycles. The van der Waals surface area contributed by atoms with Gasteiger partial charge in [-0.05, 0) is 78.9 Å². The van der Waals surface area contributed by atoms with Crippen molar-refractivity contribution in [3.05, 3.63) is 90.8 Å². The molecule has 1 saturated heterocycles. The SMILES string of the molecule is CCOc1cc(/C=C2\SC(=Nc3ccc(Cl)cc3)NC2=O)cc(Cl)c1Oc1ccc(C(F)(F)F)cc1[N+](=O)[O-]. The maximum atomic E-state index is 13.1. The summed E-state index contributed by atoms with van der Waals surface area (Å²) in [7, 11) is 0. The number of alkyl halides is 3. The summed E-state index contributed by atoms with van der Waals surface area (Å²) >= 11 is 13.4. The van der Waals surface area contributed by atoms with Crippen molar-refractivity contribution < 1.29 is 32.4 Å². The first-order valence-corrected chi connectivity index (χ1v) is 12.6. The van der Waals surface area contributed by atoms with Gasteiger partial charge in [0.2, 0.25) is 5.75 Å². The van der Waals surface area contributed by atoms with Gasteiger partial charge in [-0.3, -0.25) is 14.9 Å². The molecule has 1 fully saturated rings. The number of amidine groups is 1. The molecule has 0 spiro atoms. The van der Waals surface area contributed by atoms with E-state index in [1.807, 2.05) is 0 Å². The predicted octanol–water partition coefficient (Wildman–Crippen LogP) is 8.00. The highest BCUT2D eigenvalue weighted by atomic mass is 35.5. The number of nitro benzene ring substituents is 1. The van der Waals surface area contributed by atoms with Gasteiger partial charge in [0.15, 0.2) is 16.7 Å². The number of carbonyl (C=O) groups excluding carboxylic acids is 1. The summed E-state index contributed by atoms with van der Waals surface area (Å²) in [6, 6.07) is 11.5. The van der Waals surface area contributed by atoms with Crippen LogP contribution < -0.4 is 14.8 Å². The molecule has 14 heteroatoms. The Hall–Kier alpha value is -3.74. The second kappa shape index (κ2) is 11.6. The Labute approximate surface area is 233 Å². The van der Waals surface area contributed by atoms with Gasteiger partial charge in [0.05, 0.1) is 32.7 Å². The normalized spacial score (nSPS) is 15.5. The van der Waals surface area contributed by atoms with Crippen molar-refractivity contribution in [2.45, 2.75) is 13.1 Å². The molecular weight excluding hydrogens is 582 g/mol. The van der Waals surface area contributed by atoms with Crippen LogP contribution in [0.3, 0.4) is 0 Å². The number of hydrogen-bond donors (Lipinski definition) is 1. The fourth-order valence-corrected chi connectivity index (χ4v) is 4.56. The number of amides is 1. The minimum atomic E-state index is -4.78. The first-order chi connectivity index (χ1) is 18.4. The molecule has 0 aliphatic carbocycles. The smallest absolute Gasteiger partial charge is 0.416 e. The Morgan fingerprint density at radius 3 is 2.46 bits per heavy atom. The zero-order valence-electron chi connectivity index (χ0n) is 19.7. The van der Waals surface area contributed by atoms with E-state index in [1.165, 1.54) is 18.2 Å². The van der Waals surface area contributed by atoms with Crippen LogP contribution in [0.4, 0.5) is 24.5 Å². The van der Waals surface area contributed by atoms with Crippen molar-refractivity contribution in [1.82, 2.24) is 5.32 Å². The molecule has 0 saturated carbocycles. The van der Waals surface area contributed by atoms with E-state index in [2.05, 4.69) is 10.3 Å². The molecule has 39 heavy (non-hydrogen) atoms. The van der Waals surface area contributed by atoms with Crippen molar-refractivity contribution in [1.29, 1.82) is 0 Å². The largest absolute Gasteiger partial charge is 0.490 e. The Balaban J connectivity index is 1.65. The maximum Gasteiger partial charge on any atom is 0.416 e. The number of carbonyl (C=O) groups is 1. The molecule has 1 N–H and O–H groups in total. The molecular formula is C25H16Cl2F3N3O5S. The van der Waals surface area contributed by atoms with Crippen molar-refractivity contribution in [2.24, 2.45) is 4.99 Å². The molecule has 4 rings (SSSR count). The van der Waals surface area contributed by atoms with E-state index in [0.29, 0.717) is 38.5 Å². The topological polar surface area (TPSA) is 103 Å². The van der Waals surface area contributed by atoms with Gasteiger partial charge in [0, 0.05) is 11.1 Å². The molecule has 1 aliphatic heterocycles. The van der Waals surface area contributed by atoms with E-state index in [9.17, 15) is 28.1 Å². The first kappa shape index (κ1) is 28.3. The minimum absolute atomic E-state index is 0.0551. The van der Waals surface area contributed by atoms with E-state index in [1.54, 1.807) is 31.2 Å². The molecule has 1 amide bonds. The van der Waals surface area contributed by atoms with E-state index in [-0.39, 0.29) is 23.1 Å². The standard InChI is InChI=1S/C25H16Cl2F3N3O5S/c1-2-37-20-10-13(11-21-23(34)32-24(39-21)31-16-6-4-15(26)5-7-16)9-17(27)22(20)38-19-8-3-14(25(28,29)30)12-18(19)33(35)36/h3-12H,2H2,1H3,(H,31,32,34)/b21-11-. The first-order valence-electron chi connectivity index (χ1n) is 11.0. The van der Waals surface area contributed by atoms with E-state index in [4.69, 9.17) is 32.7 Å². The van der Waals surface area contributed by atoms with Gasteiger partial charge >= 0.3 is 11.9 Å². The lowest BCUT2D eigenvalue weighted by Crippen LogP contribution is -2.19. The Morgan fingerprint density at radius 1 is 1.10 bits per heavy atom. The van der Waals surface area contributed by atoms with Crippen LogP contribution in [0.5, 0.6) is 17.2 Å². The van der Waals surface area contributed by atoms with Gasteiger partial charge in [-0.1, -0.05) is 23.2 Å². The zero-order chi connectivity index (χ0) is 28.3. The summed E-state index contributed by atoms with van der Waals surface area (Å²) in [5, 5.41) is 14.9. The van der Waals surface area contributed by atoms with Crippen molar-refractivity contribution in [3.8, 4) is 17.2 Å². The van der Waals surface area contributed by atoms with E-state index >= 15 is 0 Å². The lowest BCUT2D eigenvalue weighted by Gasteiger charge is -2.15. The van der Waals surface area contributed by atoms with E-state index in [0.717, 1.165) is 17.8 Å².